The lowest BCUT2D eigenvalue weighted by atomic mass is 10.3. The molecule has 4 heteroatoms. The van der Waals surface area contributed by atoms with Crippen molar-refractivity contribution in [2.45, 2.75) is 32.9 Å². The number of likely N-dealkylation sites (N-methyl/N-ethyl adjacent to an activating group) is 1. The van der Waals surface area contributed by atoms with Crippen LogP contribution in [0.25, 0.3) is 11.0 Å². The number of benzene rings is 1. The average molecular weight is 274 g/mol. The van der Waals surface area contributed by atoms with E-state index in [4.69, 9.17) is 4.98 Å². The van der Waals surface area contributed by atoms with Crippen LogP contribution in [0.4, 0.5) is 0 Å². The van der Waals surface area contributed by atoms with Crippen molar-refractivity contribution in [3.63, 3.8) is 0 Å². The zero-order valence-electron chi connectivity index (χ0n) is 13.2. The van der Waals surface area contributed by atoms with Crippen molar-refractivity contribution in [3.05, 3.63) is 30.1 Å². The molecule has 0 spiro atoms. The van der Waals surface area contributed by atoms with E-state index in [2.05, 4.69) is 67.8 Å². The van der Waals surface area contributed by atoms with Gasteiger partial charge in [-0.25, -0.2) is 4.98 Å². The van der Waals surface area contributed by atoms with Gasteiger partial charge in [-0.05, 0) is 40.0 Å². The highest BCUT2D eigenvalue weighted by Gasteiger charge is 2.13. The van der Waals surface area contributed by atoms with Crippen LogP contribution in [0.5, 0.6) is 0 Å². The van der Waals surface area contributed by atoms with Gasteiger partial charge in [-0.1, -0.05) is 12.1 Å². The number of aryl methyl sites for hydroxylation is 1. The molecule has 1 heterocycles. The van der Waals surface area contributed by atoms with Gasteiger partial charge in [0, 0.05) is 26.2 Å². The Hall–Kier alpha value is -1.39. The van der Waals surface area contributed by atoms with Gasteiger partial charge in [0.05, 0.1) is 17.1 Å². The maximum atomic E-state index is 4.73. The normalized spacial score (nSPS) is 13.6. The molecular weight excluding hydrogens is 248 g/mol. The van der Waals surface area contributed by atoms with Crippen molar-refractivity contribution in [1.29, 1.82) is 0 Å². The Bertz CT molecular complexity index is 559. The second kappa shape index (κ2) is 6.37. The topological polar surface area (TPSA) is 33.1 Å². The van der Waals surface area contributed by atoms with Gasteiger partial charge in [0.1, 0.15) is 5.82 Å². The molecule has 1 aromatic heterocycles. The lowest BCUT2D eigenvalue weighted by molar-refractivity contribution is 0.269. The minimum Gasteiger partial charge on any atom is -0.330 e. The van der Waals surface area contributed by atoms with Crippen molar-refractivity contribution < 1.29 is 0 Å². The molecule has 4 nitrogen and oxygen atoms in total. The van der Waals surface area contributed by atoms with Crippen molar-refractivity contribution in [2.75, 3.05) is 20.1 Å². The van der Waals surface area contributed by atoms with E-state index in [1.807, 2.05) is 6.07 Å². The van der Waals surface area contributed by atoms with Crippen LogP contribution < -0.4 is 5.32 Å². The summed E-state index contributed by atoms with van der Waals surface area (Å²) < 4.78 is 2.18. The fourth-order valence-corrected chi connectivity index (χ4v) is 2.36. The van der Waals surface area contributed by atoms with Crippen LogP contribution in [0.1, 0.15) is 32.6 Å². The van der Waals surface area contributed by atoms with E-state index in [0.717, 1.165) is 24.4 Å². The smallest absolute Gasteiger partial charge is 0.126 e. The third-order valence-corrected chi connectivity index (χ3v) is 4.01. The Balaban J connectivity index is 2.01. The quantitative estimate of drug-likeness (QED) is 0.879. The second-order valence-corrected chi connectivity index (χ2v) is 5.77. The predicted molar refractivity (Wildman–Crippen MR) is 84.9 cm³/mol. The van der Waals surface area contributed by atoms with Gasteiger partial charge < -0.3 is 14.8 Å². The number of fused-ring (bicyclic) bond motifs is 1. The molecule has 0 saturated carbocycles. The van der Waals surface area contributed by atoms with Crippen LogP contribution in [-0.2, 0) is 7.05 Å². The van der Waals surface area contributed by atoms with Crippen LogP contribution in [0.3, 0.4) is 0 Å². The van der Waals surface area contributed by atoms with Crippen molar-refractivity contribution in [3.8, 4) is 0 Å². The maximum Gasteiger partial charge on any atom is 0.126 e. The highest BCUT2D eigenvalue weighted by molar-refractivity contribution is 5.75. The maximum absolute atomic E-state index is 4.73. The number of imidazole rings is 1. The summed E-state index contributed by atoms with van der Waals surface area (Å²) in [6, 6.07) is 9.12. The minimum absolute atomic E-state index is 0.257. The summed E-state index contributed by atoms with van der Waals surface area (Å²) in [5.74, 6) is 1.10. The summed E-state index contributed by atoms with van der Waals surface area (Å²) in [4.78, 5) is 7.07. The number of nitrogens with one attached hydrogen (secondary N) is 1. The highest BCUT2D eigenvalue weighted by atomic mass is 15.2. The molecule has 110 valence electrons. The first-order chi connectivity index (χ1) is 9.50. The number of rotatable bonds is 6. The predicted octanol–water partition coefficient (Wildman–Crippen LogP) is 2.56. The van der Waals surface area contributed by atoms with Crippen molar-refractivity contribution in [2.24, 2.45) is 7.05 Å². The Morgan fingerprint density at radius 2 is 1.95 bits per heavy atom. The van der Waals surface area contributed by atoms with E-state index < -0.39 is 0 Å². The van der Waals surface area contributed by atoms with Crippen molar-refractivity contribution in [1.82, 2.24) is 19.8 Å². The fourth-order valence-electron chi connectivity index (χ4n) is 2.36. The monoisotopic (exact) mass is 274 g/mol. The zero-order chi connectivity index (χ0) is 14.7. The standard InChI is InChI=1S/C16H26N4/c1-12(2)19(4)11-10-17-13(3)16-18-14-8-6-7-9-15(14)20(16)5/h6-9,12-13,17H,10-11H2,1-5H3. The summed E-state index contributed by atoms with van der Waals surface area (Å²) in [6.45, 7) is 8.63. The molecule has 0 fully saturated rings. The largest absolute Gasteiger partial charge is 0.330 e. The Kier molecular flexibility index (Phi) is 4.78. The molecule has 1 aromatic carbocycles. The third-order valence-electron chi connectivity index (χ3n) is 4.01. The molecule has 0 amide bonds. The Labute approximate surface area is 121 Å². The summed E-state index contributed by atoms with van der Waals surface area (Å²) in [7, 11) is 4.25. The van der Waals surface area contributed by atoms with E-state index in [1.165, 1.54) is 5.52 Å². The highest BCUT2D eigenvalue weighted by Crippen LogP contribution is 2.18. The summed E-state index contributed by atoms with van der Waals surface area (Å²) in [6.07, 6.45) is 0. The summed E-state index contributed by atoms with van der Waals surface area (Å²) in [5, 5.41) is 3.56. The lowest BCUT2D eigenvalue weighted by Gasteiger charge is -2.22. The molecular formula is C16H26N4. The minimum atomic E-state index is 0.257. The lowest BCUT2D eigenvalue weighted by Crippen LogP contribution is -2.35. The molecule has 1 unspecified atom stereocenters. The summed E-state index contributed by atoms with van der Waals surface area (Å²) >= 11 is 0. The molecule has 1 atom stereocenters. The first-order valence-corrected chi connectivity index (χ1v) is 7.35. The fraction of sp³-hybridized carbons (Fsp3) is 0.562. The molecule has 1 N–H and O–H groups in total. The number of para-hydroxylation sites is 2. The van der Waals surface area contributed by atoms with E-state index in [9.17, 15) is 0 Å². The molecule has 0 aliphatic carbocycles. The Morgan fingerprint density at radius 3 is 2.60 bits per heavy atom. The average Bonchev–Trinajstić information content (AvgIpc) is 2.76. The summed E-state index contributed by atoms with van der Waals surface area (Å²) in [5.41, 5.74) is 2.26. The first kappa shape index (κ1) is 15.0. The van der Waals surface area contributed by atoms with Crippen LogP contribution in [0.2, 0.25) is 0 Å². The number of hydrogen-bond donors (Lipinski definition) is 1. The van der Waals surface area contributed by atoms with E-state index in [0.29, 0.717) is 6.04 Å². The molecule has 2 aromatic rings. The van der Waals surface area contributed by atoms with Crippen LogP contribution >= 0.6 is 0 Å². The van der Waals surface area contributed by atoms with Gasteiger partial charge >= 0.3 is 0 Å². The molecule has 20 heavy (non-hydrogen) atoms. The SMILES string of the molecule is CC(NCCN(C)C(C)C)c1nc2ccccc2n1C. The van der Waals surface area contributed by atoms with E-state index >= 15 is 0 Å². The first-order valence-electron chi connectivity index (χ1n) is 7.35. The van der Waals surface area contributed by atoms with Gasteiger partial charge in [0.15, 0.2) is 0 Å². The molecule has 0 radical (unpaired) electrons. The second-order valence-electron chi connectivity index (χ2n) is 5.77. The van der Waals surface area contributed by atoms with Crippen LogP contribution in [-0.4, -0.2) is 40.6 Å². The third kappa shape index (κ3) is 3.19. The number of nitrogens with zero attached hydrogens (tertiary/aromatic N) is 3. The van der Waals surface area contributed by atoms with Gasteiger partial charge in [0.2, 0.25) is 0 Å². The van der Waals surface area contributed by atoms with Gasteiger partial charge in [-0.3, -0.25) is 0 Å². The van der Waals surface area contributed by atoms with Gasteiger partial charge in [0.25, 0.3) is 0 Å². The zero-order valence-corrected chi connectivity index (χ0v) is 13.2. The molecule has 0 bridgehead atoms. The molecule has 0 aliphatic rings. The van der Waals surface area contributed by atoms with Gasteiger partial charge in [-0.15, -0.1) is 0 Å². The van der Waals surface area contributed by atoms with Crippen LogP contribution in [0.15, 0.2) is 24.3 Å². The van der Waals surface area contributed by atoms with E-state index in [-0.39, 0.29) is 6.04 Å². The van der Waals surface area contributed by atoms with Crippen molar-refractivity contribution >= 4 is 11.0 Å². The number of hydrogen-bond acceptors (Lipinski definition) is 3. The molecule has 2 rings (SSSR count). The van der Waals surface area contributed by atoms with Gasteiger partial charge in [-0.2, -0.15) is 0 Å². The Morgan fingerprint density at radius 1 is 1.25 bits per heavy atom. The number of aromatic nitrogens is 2. The van der Waals surface area contributed by atoms with Crippen LogP contribution in [0, 0.1) is 0 Å². The molecule has 0 saturated heterocycles. The van der Waals surface area contributed by atoms with E-state index in [1.54, 1.807) is 0 Å². The molecule has 0 aliphatic heterocycles.